The van der Waals surface area contributed by atoms with E-state index in [1.54, 1.807) is 7.11 Å². The molecule has 0 bridgehead atoms. The van der Waals surface area contributed by atoms with Gasteiger partial charge in [0.1, 0.15) is 5.75 Å². The van der Waals surface area contributed by atoms with Crippen molar-refractivity contribution in [3.05, 3.63) is 34.7 Å². The largest absolute Gasteiger partial charge is 0.497 e. The molecule has 0 aliphatic heterocycles. The van der Waals surface area contributed by atoms with Crippen molar-refractivity contribution in [1.82, 2.24) is 0 Å². The molecule has 19 heavy (non-hydrogen) atoms. The van der Waals surface area contributed by atoms with Crippen molar-refractivity contribution in [2.45, 2.75) is 20.3 Å². The summed E-state index contributed by atoms with van der Waals surface area (Å²) in [5.74, 6) is 1.45. The molecule has 3 nitrogen and oxygen atoms in total. The van der Waals surface area contributed by atoms with Crippen LogP contribution in [0.2, 0.25) is 0 Å². The van der Waals surface area contributed by atoms with Crippen molar-refractivity contribution in [3.8, 4) is 5.75 Å². The predicted molar refractivity (Wildman–Crippen MR) is 80.4 cm³/mol. The topological polar surface area (TPSA) is 35.5 Å². The molecule has 0 aliphatic carbocycles. The lowest BCUT2D eigenvalue weighted by molar-refractivity contribution is -0.137. The van der Waals surface area contributed by atoms with E-state index in [1.165, 1.54) is 11.8 Å². The van der Waals surface area contributed by atoms with Gasteiger partial charge in [-0.1, -0.05) is 19.1 Å². The van der Waals surface area contributed by atoms with Gasteiger partial charge in [0, 0.05) is 0 Å². The Morgan fingerprint density at radius 1 is 1.26 bits per heavy atom. The Balaban J connectivity index is 2.87. The Hall–Kier alpha value is -1.42. The first-order chi connectivity index (χ1) is 9.21. The first kappa shape index (κ1) is 15.6. The van der Waals surface area contributed by atoms with Crippen molar-refractivity contribution in [2.75, 3.05) is 19.5 Å². The van der Waals surface area contributed by atoms with Crippen LogP contribution in [0.5, 0.6) is 5.75 Å². The van der Waals surface area contributed by atoms with Crippen LogP contribution >= 0.6 is 11.8 Å². The van der Waals surface area contributed by atoms with Crippen LogP contribution in [-0.4, -0.2) is 25.4 Å². The van der Waals surface area contributed by atoms with E-state index in [2.05, 4.69) is 6.92 Å². The Bertz CT molecular complexity index is 424. The van der Waals surface area contributed by atoms with Gasteiger partial charge in [0.2, 0.25) is 0 Å². The average Bonchev–Trinajstić information content (AvgIpc) is 2.44. The third-order valence-corrected chi connectivity index (χ3v) is 3.56. The van der Waals surface area contributed by atoms with Gasteiger partial charge in [0.05, 0.1) is 18.6 Å². The summed E-state index contributed by atoms with van der Waals surface area (Å²) in [6.45, 7) is 4.29. The number of thioether (sulfide) groups is 1. The number of esters is 1. The molecule has 0 aliphatic rings. The summed E-state index contributed by atoms with van der Waals surface area (Å²) in [4.78, 5) is 12.5. The number of ether oxygens (including phenoxy) is 2. The number of methoxy groups -OCH3 is 1. The van der Waals surface area contributed by atoms with Gasteiger partial charge in [0.15, 0.2) is 0 Å². The van der Waals surface area contributed by atoms with E-state index < -0.39 is 0 Å². The average molecular weight is 280 g/mol. The minimum atomic E-state index is -0.253. The van der Waals surface area contributed by atoms with E-state index in [1.807, 2.05) is 37.3 Å². The van der Waals surface area contributed by atoms with Crippen LogP contribution in [0.25, 0.3) is 6.08 Å². The molecule has 0 atom stereocenters. The molecule has 0 radical (unpaired) electrons. The Morgan fingerprint density at radius 2 is 1.95 bits per heavy atom. The van der Waals surface area contributed by atoms with Crippen LogP contribution in [-0.2, 0) is 9.53 Å². The molecule has 0 saturated heterocycles. The van der Waals surface area contributed by atoms with Gasteiger partial charge in [-0.25, -0.2) is 4.79 Å². The fourth-order valence-electron chi connectivity index (χ4n) is 1.43. The Kier molecular flexibility index (Phi) is 7.11. The van der Waals surface area contributed by atoms with Crippen molar-refractivity contribution >= 4 is 23.8 Å². The van der Waals surface area contributed by atoms with Crippen LogP contribution in [0.1, 0.15) is 25.8 Å². The Morgan fingerprint density at radius 3 is 2.47 bits per heavy atom. The fourth-order valence-corrected chi connectivity index (χ4v) is 2.25. The highest BCUT2D eigenvalue weighted by molar-refractivity contribution is 8.04. The van der Waals surface area contributed by atoms with Crippen molar-refractivity contribution in [1.29, 1.82) is 0 Å². The van der Waals surface area contributed by atoms with E-state index in [4.69, 9.17) is 9.47 Å². The summed E-state index contributed by atoms with van der Waals surface area (Å²) in [7, 11) is 1.63. The number of benzene rings is 1. The van der Waals surface area contributed by atoms with Crippen molar-refractivity contribution in [3.63, 3.8) is 0 Å². The quantitative estimate of drug-likeness (QED) is 0.563. The standard InChI is InChI=1S/C15H20O3S/c1-4-10-19-14(15(16)18-5-2)11-12-6-8-13(17-3)9-7-12/h6-9,11H,4-5,10H2,1-3H3/b14-11+. The maximum atomic E-state index is 11.8. The molecule has 104 valence electrons. The molecule has 0 aromatic heterocycles. The zero-order chi connectivity index (χ0) is 14.1. The van der Waals surface area contributed by atoms with Crippen LogP contribution in [0.3, 0.4) is 0 Å². The van der Waals surface area contributed by atoms with E-state index in [0.29, 0.717) is 11.5 Å². The highest BCUT2D eigenvalue weighted by atomic mass is 32.2. The van der Waals surface area contributed by atoms with Gasteiger partial charge in [-0.05, 0) is 42.9 Å². The highest BCUT2D eigenvalue weighted by Crippen LogP contribution is 2.22. The summed E-state index contributed by atoms with van der Waals surface area (Å²) in [6, 6.07) is 7.59. The van der Waals surface area contributed by atoms with Gasteiger partial charge in [-0.15, -0.1) is 11.8 Å². The Labute approximate surface area is 119 Å². The smallest absolute Gasteiger partial charge is 0.344 e. The van der Waals surface area contributed by atoms with Crippen molar-refractivity contribution < 1.29 is 14.3 Å². The number of carbonyl (C=O) groups excluding carboxylic acids is 1. The number of hydrogen-bond donors (Lipinski definition) is 0. The molecule has 0 spiro atoms. The first-order valence-electron chi connectivity index (χ1n) is 6.37. The molecule has 0 unspecified atom stereocenters. The van der Waals surface area contributed by atoms with Crippen LogP contribution < -0.4 is 4.74 Å². The molecule has 0 fully saturated rings. The predicted octanol–water partition coefficient (Wildman–Crippen LogP) is 3.74. The van der Waals surface area contributed by atoms with Crippen molar-refractivity contribution in [2.24, 2.45) is 0 Å². The second-order valence-corrected chi connectivity index (χ2v) is 4.99. The summed E-state index contributed by atoms with van der Waals surface area (Å²) in [5, 5.41) is 0. The van der Waals surface area contributed by atoms with Gasteiger partial charge >= 0.3 is 5.97 Å². The lowest BCUT2D eigenvalue weighted by Gasteiger charge is -2.06. The molecule has 0 amide bonds. The third-order valence-electron chi connectivity index (χ3n) is 2.35. The van der Waals surface area contributed by atoms with Gasteiger partial charge in [-0.2, -0.15) is 0 Å². The fraction of sp³-hybridized carbons (Fsp3) is 0.400. The molecule has 0 saturated carbocycles. The van der Waals surface area contributed by atoms with Crippen LogP contribution in [0, 0.1) is 0 Å². The normalized spacial score (nSPS) is 11.2. The second-order valence-electron chi connectivity index (χ2n) is 3.85. The summed E-state index contributed by atoms with van der Waals surface area (Å²) < 4.78 is 10.2. The highest BCUT2D eigenvalue weighted by Gasteiger charge is 2.10. The SMILES string of the molecule is CCCS/C(=C/c1ccc(OC)cc1)C(=O)OCC. The molecule has 4 heteroatoms. The molecule has 1 rings (SSSR count). The monoisotopic (exact) mass is 280 g/mol. The number of carbonyl (C=O) groups is 1. The lowest BCUT2D eigenvalue weighted by Crippen LogP contribution is -2.05. The lowest BCUT2D eigenvalue weighted by atomic mass is 10.2. The molecular weight excluding hydrogens is 260 g/mol. The van der Waals surface area contributed by atoms with Gasteiger partial charge < -0.3 is 9.47 Å². The number of hydrogen-bond acceptors (Lipinski definition) is 4. The summed E-state index contributed by atoms with van der Waals surface area (Å²) >= 11 is 1.53. The van der Waals surface area contributed by atoms with Crippen LogP contribution in [0.15, 0.2) is 29.2 Å². The van der Waals surface area contributed by atoms with E-state index in [-0.39, 0.29) is 5.97 Å². The minimum absolute atomic E-state index is 0.253. The second kappa shape index (κ2) is 8.64. The first-order valence-corrected chi connectivity index (χ1v) is 7.35. The minimum Gasteiger partial charge on any atom is -0.497 e. The molecule has 0 heterocycles. The van der Waals surface area contributed by atoms with Gasteiger partial charge in [0.25, 0.3) is 0 Å². The van der Waals surface area contributed by atoms with E-state index in [0.717, 1.165) is 23.5 Å². The molecular formula is C15H20O3S. The maximum Gasteiger partial charge on any atom is 0.344 e. The maximum absolute atomic E-state index is 11.8. The zero-order valence-corrected chi connectivity index (χ0v) is 12.5. The molecule has 1 aromatic rings. The molecule has 0 N–H and O–H groups in total. The van der Waals surface area contributed by atoms with Gasteiger partial charge in [-0.3, -0.25) is 0 Å². The summed E-state index contributed by atoms with van der Waals surface area (Å²) in [6.07, 6.45) is 2.88. The van der Waals surface area contributed by atoms with Crippen LogP contribution in [0.4, 0.5) is 0 Å². The third kappa shape index (κ3) is 5.39. The zero-order valence-electron chi connectivity index (χ0n) is 11.6. The van der Waals surface area contributed by atoms with E-state index in [9.17, 15) is 4.79 Å². The number of rotatable bonds is 7. The summed E-state index contributed by atoms with van der Waals surface area (Å²) in [5.41, 5.74) is 0.965. The van der Waals surface area contributed by atoms with E-state index >= 15 is 0 Å². The molecule has 1 aromatic carbocycles.